The molecule has 0 fully saturated rings. The quantitative estimate of drug-likeness (QED) is 0.675. The Hall–Kier alpha value is -2.78. The molecule has 4 heteroatoms. The predicted octanol–water partition coefficient (Wildman–Crippen LogP) is 5.43. The summed E-state index contributed by atoms with van der Waals surface area (Å²) in [7, 11) is 0. The fourth-order valence-corrected chi connectivity index (χ4v) is 2.54. The lowest BCUT2D eigenvalue weighted by molar-refractivity contribution is -0.136. The second kappa shape index (κ2) is 7.20. The Morgan fingerprint density at radius 3 is 2.25 bits per heavy atom. The van der Waals surface area contributed by atoms with Crippen molar-refractivity contribution in [1.29, 1.82) is 0 Å². The monoisotopic (exact) mass is 338 g/mol. The van der Waals surface area contributed by atoms with Gasteiger partial charge in [0, 0.05) is 5.02 Å². The number of hydrogen-bond donors (Lipinski definition) is 1. The van der Waals surface area contributed by atoms with E-state index >= 15 is 0 Å². The van der Waals surface area contributed by atoms with Gasteiger partial charge in [-0.1, -0.05) is 48.0 Å². The molecule has 3 nitrogen and oxygen atoms in total. The zero-order valence-electron chi connectivity index (χ0n) is 12.8. The largest absolute Gasteiger partial charge is 0.481 e. The normalized spacial score (nSPS) is 10.4. The number of carboxylic acids is 1. The highest BCUT2D eigenvalue weighted by Gasteiger charge is 2.05. The summed E-state index contributed by atoms with van der Waals surface area (Å²) < 4.78 is 5.87. The van der Waals surface area contributed by atoms with Gasteiger partial charge >= 0.3 is 5.97 Å². The summed E-state index contributed by atoms with van der Waals surface area (Å²) in [6, 6.07) is 22.4. The average molecular weight is 339 g/mol. The molecule has 1 N–H and O–H groups in total. The summed E-state index contributed by atoms with van der Waals surface area (Å²) in [5.74, 6) is 0.439. The maximum Gasteiger partial charge on any atom is 0.307 e. The van der Waals surface area contributed by atoms with Gasteiger partial charge in [-0.25, -0.2) is 0 Å². The van der Waals surface area contributed by atoms with Crippen LogP contribution in [-0.2, 0) is 11.2 Å². The lowest BCUT2D eigenvalue weighted by atomic mass is 10.1. The molecule has 0 amide bonds. The Labute approximate surface area is 145 Å². The maximum atomic E-state index is 10.8. The van der Waals surface area contributed by atoms with Crippen molar-refractivity contribution < 1.29 is 14.6 Å². The molecule has 3 aromatic carbocycles. The number of hydrogen-bond acceptors (Lipinski definition) is 2. The van der Waals surface area contributed by atoms with Gasteiger partial charge in [0.1, 0.15) is 11.5 Å². The molecule has 24 heavy (non-hydrogen) atoms. The first-order valence-electron chi connectivity index (χ1n) is 7.45. The van der Waals surface area contributed by atoms with Crippen LogP contribution in [0.25, 0.3) is 11.1 Å². The van der Waals surface area contributed by atoms with E-state index in [2.05, 4.69) is 0 Å². The second-order valence-corrected chi connectivity index (χ2v) is 5.79. The third-order valence-electron chi connectivity index (χ3n) is 3.50. The van der Waals surface area contributed by atoms with Crippen molar-refractivity contribution in [2.75, 3.05) is 0 Å². The standard InChI is InChI=1S/C20H15ClO3/c21-17-9-7-15(8-10-17)16-4-2-6-19(13-16)24-18-5-1-3-14(11-18)12-20(22)23/h1-11,13H,12H2,(H,22,23). The van der Waals surface area contributed by atoms with Crippen LogP contribution in [0.4, 0.5) is 0 Å². The molecule has 0 heterocycles. The highest BCUT2D eigenvalue weighted by Crippen LogP contribution is 2.28. The van der Waals surface area contributed by atoms with Gasteiger partial charge in [0.05, 0.1) is 6.42 Å². The van der Waals surface area contributed by atoms with E-state index in [9.17, 15) is 4.79 Å². The molecule has 3 rings (SSSR count). The molecule has 0 saturated carbocycles. The van der Waals surface area contributed by atoms with Crippen molar-refractivity contribution in [2.45, 2.75) is 6.42 Å². The first-order valence-corrected chi connectivity index (χ1v) is 7.82. The summed E-state index contributed by atoms with van der Waals surface area (Å²) >= 11 is 5.92. The molecule has 0 aromatic heterocycles. The van der Waals surface area contributed by atoms with E-state index in [0.717, 1.165) is 11.1 Å². The summed E-state index contributed by atoms with van der Waals surface area (Å²) in [6.07, 6.45) is -0.0258. The van der Waals surface area contributed by atoms with Crippen molar-refractivity contribution in [1.82, 2.24) is 0 Å². The summed E-state index contributed by atoms with van der Waals surface area (Å²) in [6.45, 7) is 0. The van der Waals surface area contributed by atoms with Crippen LogP contribution in [0.2, 0.25) is 5.02 Å². The summed E-state index contributed by atoms with van der Waals surface area (Å²) in [5, 5.41) is 9.58. The molecule has 0 unspecified atom stereocenters. The Morgan fingerprint density at radius 2 is 1.54 bits per heavy atom. The first kappa shape index (κ1) is 16.1. The number of rotatable bonds is 5. The van der Waals surface area contributed by atoms with Gasteiger partial charge in [-0.3, -0.25) is 4.79 Å². The van der Waals surface area contributed by atoms with E-state index in [1.54, 1.807) is 24.3 Å². The highest BCUT2D eigenvalue weighted by molar-refractivity contribution is 6.30. The average Bonchev–Trinajstić information content (AvgIpc) is 2.55. The van der Waals surface area contributed by atoms with Crippen LogP contribution in [0.15, 0.2) is 72.8 Å². The maximum absolute atomic E-state index is 10.8. The number of aliphatic carboxylic acids is 1. The topological polar surface area (TPSA) is 46.5 Å². The van der Waals surface area contributed by atoms with Crippen LogP contribution < -0.4 is 4.74 Å². The Morgan fingerprint density at radius 1 is 0.875 bits per heavy atom. The number of halogens is 1. The van der Waals surface area contributed by atoms with Crippen LogP contribution >= 0.6 is 11.6 Å². The summed E-state index contributed by atoms with van der Waals surface area (Å²) in [4.78, 5) is 10.8. The van der Waals surface area contributed by atoms with Crippen molar-refractivity contribution in [3.63, 3.8) is 0 Å². The molecule has 0 aliphatic rings. The Balaban J connectivity index is 1.82. The van der Waals surface area contributed by atoms with Crippen LogP contribution in [0.3, 0.4) is 0 Å². The van der Waals surface area contributed by atoms with Crippen molar-refractivity contribution >= 4 is 17.6 Å². The zero-order valence-corrected chi connectivity index (χ0v) is 13.5. The van der Waals surface area contributed by atoms with Crippen molar-refractivity contribution in [2.24, 2.45) is 0 Å². The number of ether oxygens (including phenoxy) is 1. The predicted molar refractivity (Wildman–Crippen MR) is 94.7 cm³/mol. The molecule has 3 aromatic rings. The van der Waals surface area contributed by atoms with Gasteiger partial charge in [0.2, 0.25) is 0 Å². The highest BCUT2D eigenvalue weighted by atomic mass is 35.5. The van der Waals surface area contributed by atoms with Gasteiger partial charge < -0.3 is 9.84 Å². The van der Waals surface area contributed by atoms with Gasteiger partial charge in [-0.15, -0.1) is 0 Å². The molecule has 120 valence electrons. The van der Waals surface area contributed by atoms with Gasteiger partial charge in [-0.05, 0) is 53.1 Å². The number of carboxylic acid groups (broad SMARTS) is 1. The number of carbonyl (C=O) groups is 1. The van der Waals surface area contributed by atoms with Gasteiger partial charge in [0.15, 0.2) is 0 Å². The zero-order chi connectivity index (χ0) is 16.9. The molecular formula is C20H15ClO3. The first-order chi connectivity index (χ1) is 11.6. The van der Waals surface area contributed by atoms with Crippen LogP contribution in [0, 0.1) is 0 Å². The van der Waals surface area contributed by atoms with E-state index in [0.29, 0.717) is 22.1 Å². The van der Waals surface area contributed by atoms with Crippen molar-refractivity contribution in [3.8, 4) is 22.6 Å². The minimum Gasteiger partial charge on any atom is -0.481 e. The molecule has 0 radical (unpaired) electrons. The van der Waals surface area contributed by atoms with Crippen molar-refractivity contribution in [3.05, 3.63) is 83.4 Å². The SMILES string of the molecule is O=C(O)Cc1cccc(Oc2cccc(-c3ccc(Cl)cc3)c2)c1. The van der Waals surface area contributed by atoms with Gasteiger partial charge in [-0.2, -0.15) is 0 Å². The fourth-order valence-electron chi connectivity index (χ4n) is 2.41. The third-order valence-corrected chi connectivity index (χ3v) is 3.75. The second-order valence-electron chi connectivity index (χ2n) is 5.35. The van der Waals surface area contributed by atoms with Crippen LogP contribution in [0.1, 0.15) is 5.56 Å². The minimum absolute atomic E-state index is 0.0258. The Kier molecular flexibility index (Phi) is 4.82. The van der Waals surface area contributed by atoms with E-state index in [4.69, 9.17) is 21.4 Å². The van der Waals surface area contributed by atoms with Crippen LogP contribution in [-0.4, -0.2) is 11.1 Å². The molecule has 0 saturated heterocycles. The molecular weight excluding hydrogens is 324 g/mol. The lowest BCUT2D eigenvalue weighted by Crippen LogP contribution is -1.99. The molecule has 0 aliphatic carbocycles. The van der Waals surface area contributed by atoms with E-state index in [1.165, 1.54) is 0 Å². The van der Waals surface area contributed by atoms with E-state index in [1.807, 2.05) is 48.5 Å². The summed E-state index contributed by atoms with van der Waals surface area (Å²) in [5.41, 5.74) is 2.77. The molecule has 0 aliphatic heterocycles. The van der Waals surface area contributed by atoms with E-state index < -0.39 is 5.97 Å². The molecule has 0 atom stereocenters. The third kappa shape index (κ3) is 4.15. The van der Waals surface area contributed by atoms with Gasteiger partial charge in [0.25, 0.3) is 0 Å². The lowest BCUT2D eigenvalue weighted by Gasteiger charge is -2.09. The Bertz CT molecular complexity index is 857. The van der Waals surface area contributed by atoms with E-state index in [-0.39, 0.29) is 6.42 Å². The number of benzene rings is 3. The smallest absolute Gasteiger partial charge is 0.307 e. The fraction of sp³-hybridized carbons (Fsp3) is 0.0500. The minimum atomic E-state index is -0.864. The molecule has 0 bridgehead atoms. The molecule has 0 spiro atoms. The van der Waals surface area contributed by atoms with Crippen LogP contribution in [0.5, 0.6) is 11.5 Å².